The maximum Gasteiger partial charge on any atom is 0.253 e. The largest absolute Gasteiger partial charge is 0.389 e. The Labute approximate surface area is 128 Å². The van der Waals surface area contributed by atoms with Crippen LogP contribution in [0.1, 0.15) is 18.7 Å². The minimum absolute atomic E-state index is 0.131. The maximum absolute atomic E-state index is 12.4. The lowest BCUT2D eigenvalue weighted by Gasteiger charge is -2.18. The van der Waals surface area contributed by atoms with Crippen molar-refractivity contribution in [1.82, 2.24) is 9.62 Å². The second-order valence-corrected chi connectivity index (χ2v) is 7.56. The van der Waals surface area contributed by atoms with Crippen LogP contribution < -0.4 is 11.1 Å². The van der Waals surface area contributed by atoms with E-state index in [-0.39, 0.29) is 28.2 Å². The zero-order chi connectivity index (χ0) is 15.3. The molecule has 0 bridgehead atoms. The molecule has 6 nitrogen and oxygen atoms in total. The van der Waals surface area contributed by atoms with E-state index in [1.165, 1.54) is 6.07 Å². The Kier molecular flexibility index (Phi) is 6.06. The SMILES string of the molecule is CCNC(=O)CN(CC)S(=O)(=O)c1ccc(C(N)=S)s1. The second kappa shape index (κ2) is 7.11. The van der Waals surface area contributed by atoms with Gasteiger partial charge in [-0.3, -0.25) is 4.79 Å². The van der Waals surface area contributed by atoms with E-state index in [0.29, 0.717) is 11.4 Å². The van der Waals surface area contributed by atoms with Gasteiger partial charge in [0.15, 0.2) is 0 Å². The minimum atomic E-state index is -3.70. The number of likely N-dealkylation sites (N-methyl/N-ethyl adjacent to an activating group) is 2. The molecule has 0 unspecified atom stereocenters. The summed E-state index contributed by atoms with van der Waals surface area (Å²) in [7, 11) is -3.70. The molecule has 1 aromatic rings. The molecule has 20 heavy (non-hydrogen) atoms. The summed E-state index contributed by atoms with van der Waals surface area (Å²) in [6.45, 7) is 3.92. The van der Waals surface area contributed by atoms with E-state index >= 15 is 0 Å². The topological polar surface area (TPSA) is 92.5 Å². The number of hydrogen-bond acceptors (Lipinski definition) is 5. The molecular formula is C11H17N3O3S3. The summed E-state index contributed by atoms with van der Waals surface area (Å²) in [5, 5.41) is 2.57. The Bertz CT molecular complexity index is 595. The van der Waals surface area contributed by atoms with Gasteiger partial charge in [-0.15, -0.1) is 11.3 Å². The summed E-state index contributed by atoms with van der Waals surface area (Å²) < 4.78 is 26.1. The fourth-order valence-corrected chi connectivity index (χ4v) is 4.41. The molecule has 0 atom stereocenters. The lowest BCUT2D eigenvalue weighted by atomic mass is 10.5. The zero-order valence-corrected chi connectivity index (χ0v) is 13.7. The quantitative estimate of drug-likeness (QED) is 0.709. The van der Waals surface area contributed by atoms with Crippen molar-refractivity contribution >= 4 is 44.5 Å². The Morgan fingerprint density at radius 2 is 2.10 bits per heavy atom. The molecule has 1 amide bonds. The van der Waals surface area contributed by atoms with Gasteiger partial charge in [0.1, 0.15) is 9.20 Å². The predicted molar refractivity (Wildman–Crippen MR) is 83.3 cm³/mol. The molecule has 0 aliphatic rings. The van der Waals surface area contributed by atoms with E-state index in [9.17, 15) is 13.2 Å². The molecule has 1 rings (SSSR count). The van der Waals surface area contributed by atoms with E-state index in [1.807, 2.05) is 0 Å². The Morgan fingerprint density at radius 3 is 2.55 bits per heavy atom. The van der Waals surface area contributed by atoms with Crippen LogP contribution in [0.4, 0.5) is 0 Å². The summed E-state index contributed by atoms with van der Waals surface area (Å²) >= 11 is 5.82. The van der Waals surface area contributed by atoms with Crippen molar-refractivity contribution in [2.24, 2.45) is 5.73 Å². The highest BCUT2D eigenvalue weighted by Crippen LogP contribution is 2.24. The van der Waals surface area contributed by atoms with Crippen molar-refractivity contribution in [1.29, 1.82) is 0 Å². The van der Waals surface area contributed by atoms with E-state index in [2.05, 4.69) is 5.32 Å². The van der Waals surface area contributed by atoms with E-state index < -0.39 is 10.0 Å². The van der Waals surface area contributed by atoms with Crippen molar-refractivity contribution in [3.63, 3.8) is 0 Å². The van der Waals surface area contributed by atoms with Crippen molar-refractivity contribution in [3.8, 4) is 0 Å². The number of carbonyl (C=O) groups excluding carboxylic acids is 1. The lowest BCUT2D eigenvalue weighted by molar-refractivity contribution is -0.121. The third-order valence-corrected chi connectivity index (χ3v) is 6.32. The molecule has 9 heteroatoms. The number of nitrogens with one attached hydrogen (secondary N) is 1. The normalized spacial score (nSPS) is 11.6. The molecule has 0 spiro atoms. The van der Waals surface area contributed by atoms with Crippen LogP contribution in [0.25, 0.3) is 0 Å². The van der Waals surface area contributed by atoms with E-state index in [0.717, 1.165) is 15.6 Å². The summed E-state index contributed by atoms with van der Waals surface area (Å²) in [6.07, 6.45) is 0. The number of nitrogens with two attached hydrogens (primary N) is 1. The zero-order valence-electron chi connectivity index (χ0n) is 11.3. The van der Waals surface area contributed by atoms with E-state index in [1.54, 1.807) is 19.9 Å². The number of thiocarbonyl (C=S) groups is 1. The van der Waals surface area contributed by atoms with Crippen LogP contribution in [-0.4, -0.2) is 43.3 Å². The first-order chi connectivity index (χ1) is 9.32. The highest BCUT2D eigenvalue weighted by molar-refractivity contribution is 7.91. The number of nitrogens with zero attached hydrogens (tertiary/aromatic N) is 1. The molecule has 0 fully saturated rings. The van der Waals surface area contributed by atoms with Gasteiger partial charge in [-0.2, -0.15) is 4.31 Å². The molecule has 0 aliphatic heterocycles. The fourth-order valence-electron chi connectivity index (χ4n) is 1.50. The van der Waals surface area contributed by atoms with Crippen molar-refractivity contribution in [2.45, 2.75) is 18.1 Å². The number of amides is 1. The molecule has 0 saturated carbocycles. The first-order valence-corrected chi connectivity index (χ1v) is 8.65. The van der Waals surface area contributed by atoms with Gasteiger partial charge in [-0.25, -0.2) is 8.42 Å². The molecule has 0 aliphatic carbocycles. The molecule has 0 saturated heterocycles. The summed E-state index contributed by atoms with van der Waals surface area (Å²) in [6, 6.07) is 3.02. The average Bonchev–Trinajstić information content (AvgIpc) is 2.86. The standard InChI is InChI=1S/C11H17N3O3S3/c1-3-13-9(15)7-14(4-2)20(16,17)10-6-5-8(19-10)11(12)18/h5-6H,3-4,7H2,1-2H3,(H2,12,18)(H,13,15). The molecular weight excluding hydrogens is 318 g/mol. The Balaban J connectivity index is 2.99. The molecule has 0 radical (unpaired) electrons. The summed E-state index contributed by atoms with van der Waals surface area (Å²) in [5.41, 5.74) is 5.47. The second-order valence-electron chi connectivity index (χ2n) is 3.87. The van der Waals surface area contributed by atoms with Crippen LogP contribution in [0.15, 0.2) is 16.3 Å². The molecule has 112 valence electrons. The number of hydrogen-bond donors (Lipinski definition) is 2. The monoisotopic (exact) mass is 335 g/mol. The van der Waals surface area contributed by atoms with Crippen molar-refractivity contribution in [3.05, 3.63) is 17.0 Å². The van der Waals surface area contributed by atoms with Crippen LogP contribution >= 0.6 is 23.6 Å². The van der Waals surface area contributed by atoms with Crippen LogP contribution in [0.3, 0.4) is 0 Å². The van der Waals surface area contributed by atoms with Gasteiger partial charge in [-0.05, 0) is 19.1 Å². The number of sulfonamides is 1. The van der Waals surface area contributed by atoms with Gasteiger partial charge in [0.2, 0.25) is 5.91 Å². The highest BCUT2D eigenvalue weighted by atomic mass is 32.2. The maximum atomic E-state index is 12.4. The van der Waals surface area contributed by atoms with E-state index in [4.69, 9.17) is 18.0 Å². The summed E-state index contributed by atoms with van der Waals surface area (Å²) in [5.74, 6) is -0.330. The Hall–Kier alpha value is -1.03. The predicted octanol–water partition coefficient (Wildman–Crippen LogP) is 0.529. The van der Waals surface area contributed by atoms with Crippen LogP contribution in [-0.2, 0) is 14.8 Å². The van der Waals surface area contributed by atoms with Gasteiger partial charge < -0.3 is 11.1 Å². The lowest BCUT2D eigenvalue weighted by Crippen LogP contribution is -2.40. The molecule has 1 heterocycles. The first-order valence-electron chi connectivity index (χ1n) is 5.99. The third kappa shape index (κ3) is 3.98. The van der Waals surface area contributed by atoms with Gasteiger partial charge in [0.25, 0.3) is 10.0 Å². The first kappa shape index (κ1) is 17.0. The molecule has 0 aromatic carbocycles. The minimum Gasteiger partial charge on any atom is -0.389 e. The molecule has 3 N–H and O–H groups in total. The smallest absolute Gasteiger partial charge is 0.253 e. The van der Waals surface area contributed by atoms with Crippen LogP contribution in [0, 0.1) is 0 Å². The van der Waals surface area contributed by atoms with Crippen LogP contribution in [0.5, 0.6) is 0 Å². The van der Waals surface area contributed by atoms with Gasteiger partial charge in [0, 0.05) is 13.1 Å². The highest BCUT2D eigenvalue weighted by Gasteiger charge is 2.26. The van der Waals surface area contributed by atoms with Gasteiger partial charge in [0.05, 0.1) is 11.4 Å². The van der Waals surface area contributed by atoms with Crippen molar-refractivity contribution in [2.75, 3.05) is 19.6 Å². The summed E-state index contributed by atoms with van der Waals surface area (Å²) in [4.78, 5) is 12.2. The van der Waals surface area contributed by atoms with Gasteiger partial charge in [-0.1, -0.05) is 19.1 Å². The Morgan fingerprint density at radius 1 is 1.45 bits per heavy atom. The number of rotatable bonds is 7. The van der Waals surface area contributed by atoms with Gasteiger partial charge >= 0.3 is 0 Å². The number of thiophene rings is 1. The average molecular weight is 335 g/mol. The molecule has 1 aromatic heterocycles. The fraction of sp³-hybridized carbons (Fsp3) is 0.455. The third-order valence-electron chi connectivity index (χ3n) is 2.46. The van der Waals surface area contributed by atoms with Crippen LogP contribution in [0.2, 0.25) is 0 Å². The number of carbonyl (C=O) groups is 1. The van der Waals surface area contributed by atoms with Crippen molar-refractivity contribution < 1.29 is 13.2 Å².